The molecule has 0 spiro atoms. The van der Waals surface area contributed by atoms with E-state index in [9.17, 15) is 9.59 Å². The van der Waals surface area contributed by atoms with E-state index in [0.717, 1.165) is 17.5 Å². The fourth-order valence-corrected chi connectivity index (χ4v) is 2.53. The summed E-state index contributed by atoms with van der Waals surface area (Å²) < 4.78 is 1.11. The predicted molar refractivity (Wildman–Crippen MR) is 90.2 cm³/mol. The lowest BCUT2D eigenvalue weighted by Gasteiger charge is -2.14. The molecule has 6 heteroatoms. The molecule has 0 fully saturated rings. The maximum Gasteiger partial charge on any atom is 0.278 e. The molecule has 1 atom stereocenters. The monoisotopic (exact) mass is 316 g/mol. The van der Waals surface area contributed by atoms with Gasteiger partial charge in [0.25, 0.3) is 5.56 Å². The normalized spacial score (nSPS) is 12.3. The van der Waals surface area contributed by atoms with Gasteiger partial charge in [0.2, 0.25) is 5.91 Å². The van der Waals surface area contributed by atoms with Crippen LogP contribution in [0.2, 0.25) is 0 Å². The highest BCUT2D eigenvalue weighted by molar-refractivity contribution is 5.78. The fraction of sp³-hybridized carbons (Fsp3) is 0.529. The molecule has 0 aliphatic heterocycles. The van der Waals surface area contributed by atoms with E-state index in [-0.39, 0.29) is 24.1 Å². The lowest BCUT2D eigenvalue weighted by Crippen LogP contribution is -2.38. The number of hydrogen-bond acceptors (Lipinski definition) is 4. The molecule has 0 bridgehead atoms. The molecule has 1 amide bonds. The molecule has 1 unspecified atom stereocenters. The van der Waals surface area contributed by atoms with Crippen molar-refractivity contribution in [2.45, 2.75) is 58.5 Å². The first-order valence-electron chi connectivity index (χ1n) is 8.23. The Morgan fingerprint density at radius 1 is 1.26 bits per heavy atom. The number of benzene rings is 1. The van der Waals surface area contributed by atoms with Crippen molar-refractivity contribution in [2.75, 3.05) is 0 Å². The molecular weight excluding hydrogens is 292 g/mol. The molecule has 2 aromatic rings. The number of unbranched alkanes of at least 4 members (excludes halogenated alkanes) is 3. The van der Waals surface area contributed by atoms with Crippen LogP contribution in [-0.2, 0) is 11.3 Å². The Hall–Kier alpha value is -2.24. The third-order valence-corrected chi connectivity index (χ3v) is 3.82. The molecule has 1 heterocycles. The number of aromatic nitrogens is 3. The van der Waals surface area contributed by atoms with Gasteiger partial charge in [-0.15, -0.1) is 5.10 Å². The first kappa shape index (κ1) is 17.1. The Kier molecular flexibility index (Phi) is 6.26. The third kappa shape index (κ3) is 4.87. The highest BCUT2D eigenvalue weighted by Gasteiger charge is 2.11. The molecule has 124 valence electrons. The van der Waals surface area contributed by atoms with Crippen LogP contribution in [0.3, 0.4) is 0 Å². The standard InChI is InChI=1S/C17H24N4O2/c1-3-4-5-6-9-13(2)18-16(22)12-21-17(23)14-10-7-8-11-15(14)19-20-21/h7-8,10-11,13H,3-6,9,12H2,1-2H3,(H,18,22). The Labute approximate surface area is 135 Å². The van der Waals surface area contributed by atoms with Crippen LogP contribution in [0.25, 0.3) is 10.9 Å². The summed E-state index contributed by atoms with van der Waals surface area (Å²) in [6, 6.07) is 7.09. The maximum atomic E-state index is 12.3. The second-order valence-electron chi connectivity index (χ2n) is 5.89. The molecule has 0 aliphatic carbocycles. The number of carbonyl (C=O) groups is 1. The molecule has 1 N–H and O–H groups in total. The van der Waals surface area contributed by atoms with Crippen LogP contribution in [0, 0.1) is 0 Å². The van der Waals surface area contributed by atoms with Crippen molar-refractivity contribution in [3.63, 3.8) is 0 Å². The molecule has 0 radical (unpaired) electrons. The number of fused-ring (bicyclic) bond motifs is 1. The largest absolute Gasteiger partial charge is 0.352 e. The van der Waals surface area contributed by atoms with Crippen molar-refractivity contribution in [3.8, 4) is 0 Å². The van der Waals surface area contributed by atoms with Crippen molar-refractivity contribution in [3.05, 3.63) is 34.6 Å². The van der Waals surface area contributed by atoms with Gasteiger partial charge in [0, 0.05) is 6.04 Å². The molecular formula is C17H24N4O2. The van der Waals surface area contributed by atoms with E-state index in [0.29, 0.717) is 10.9 Å². The van der Waals surface area contributed by atoms with E-state index in [1.807, 2.05) is 6.92 Å². The van der Waals surface area contributed by atoms with E-state index < -0.39 is 0 Å². The minimum Gasteiger partial charge on any atom is -0.352 e. The van der Waals surface area contributed by atoms with Crippen LogP contribution < -0.4 is 10.9 Å². The number of hydrogen-bond donors (Lipinski definition) is 1. The van der Waals surface area contributed by atoms with E-state index in [2.05, 4.69) is 22.6 Å². The summed E-state index contributed by atoms with van der Waals surface area (Å²) in [6.45, 7) is 4.06. The minimum atomic E-state index is -0.290. The molecule has 6 nitrogen and oxygen atoms in total. The lowest BCUT2D eigenvalue weighted by atomic mass is 10.1. The van der Waals surface area contributed by atoms with Crippen molar-refractivity contribution in [1.82, 2.24) is 20.3 Å². The van der Waals surface area contributed by atoms with E-state index in [1.165, 1.54) is 19.3 Å². The number of nitrogens with zero attached hydrogens (tertiary/aromatic N) is 3. The quantitative estimate of drug-likeness (QED) is 0.758. The number of carbonyl (C=O) groups excluding carboxylic acids is 1. The average Bonchev–Trinajstić information content (AvgIpc) is 2.54. The molecule has 0 saturated heterocycles. The van der Waals surface area contributed by atoms with Crippen LogP contribution in [0.5, 0.6) is 0 Å². The summed E-state index contributed by atoms with van der Waals surface area (Å²) in [4.78, 5) is 24.3. The molecule has 1 aromatic carbocycles. The molecule has 23 heavy (non-hydrogen) atoms. The van der Waals surface area contributed by atoms with Crippen molar-refractivity contribution in [2.24, 2.45) is 0 Å². The van der Waals surface area contributed by atoms with Gasteiger partial charge in [-0.1, -0.05) is 50.0 Å². The minimum absolute atomic E-state index is 0.100. The zero-order valence-electron chi connectivity index (χ0n) is 13.8. The van der Waals surface area contributed by atoms with E-state index >= 15 is 0 Å². The lowest BCUT2D eigenvalue weighted by molar-refractivity contribution is -0.122. The first-order chi connectivity index (χ1) is 11.1. The zero-order chi connectivity index (χ0) is 16.7. The van der Waals surface area contributed by atoms with Gasteiger partial charge in [-0.05, 0) is 25.5 Å². The van der Waals surface area contributed by atoms with Crippen LogP contribution in [0.15, 0.2) is 29.1 Å². The van der Waals surface area contributed by atoms with Crippen molar-refractivity contribution in [1.29, 1.82) is 0 Å². The van der Waals surface area contributed by atoms with Gasteiger partial charge in [0.15, 0.2) is 0 Å². The smallest absolute Gasteiger partial charge is 0.278 e. The summed E-state index contributed by atoms with van der Waals surface area (Å²) in [6.07, 6.45) is 5.66. The highest BCUT2D eigenvalue weighted by atomic mass is 16.2. The summed E-state index contributed by atoms with van der Waals surface area (Å²) in [7, 11) is 0. The summed E-state index contributed by atoms with van der Waals surface area (Å²) >= 11 is 0. The van der Waals surface area contributed by atoms with Gasteiger partial charge >= 0.3 is 0 Å². The summed E-state index contributed by atoms with van der Waals surface area (Å²) in [5.41, 5.74) is 0.250. The van der Waals surface area contributed by atoms with Crippen LogP contribution >= 0.6 is 0 Å². The second kappa shape index (κ2) is 8.41. The average molecular weight is 316 g/mol. The number of nitrogens with one attached hydrogen (secondary N) is 1. The number of rotatable bonds is 8. The van der Waals surface area contributed by atoms with Gasteiger partial charge < -0.3 is 5.32 Å². The summed E-state index contributed by atoms with van der Waals surface area (Å²) in [5.74, 6) is -0.209. The topological polar surface area (TPSA) is 76.9 Å². The highest BCUT2D eigenvalue weighted by Crippen LogP contribution is 2.05. The van der Waals surface area contributed by atoms with Gasteiger partial charge in [0.05, 0.1) is 5.39 Å². The van der Waals surface area contributed by atoms with Crippen LogP contribution in [0.4, 0.5) is 0 Å². The maximum absolute atomic E-state index is 12.3. The van der Waals surface area contributed by atoms with Gasteiger partial charge in [0.1, 0.15) is 12.1 Å². The third-order valence-electron chi connectivity index (χ3n) is 3.82. The predicted octanol–water partition coefficient (Wildman–Crippen LogP) is 2.27. The molecule has 0 saturated carbocycles. The Morgan fingerprint density at radius 2 is 2.04 bits per heavy atom. The van der Waals surface area contributed by atoms with Gasteiger partial charge in [-0.2, -0.15) is 0 Å². The molecule has 2 rings (SSSR count). The van der Waals surface area contributed by atoms with E-state index in [4.69, 9.17) is 0 Å². The van der Waals surface area contributed by atoms with Gasteiger partial charge in [-0.25, -0.2) is 4.68 Å². The summed E-state index contributed by atoms with van der Waals surface area (Å²) in [5, 5.41) is 11.2. The van der Waals surface area contributed by atoms with Gasteiger partial charge in [-0.3, -0.25) is 9.59 Å². The van der Waals surface area contributed by atoms with Crippen molar-refractivity contribution < 1.29 is 4.79 Å². The Bertz CT molecular complexity index is 711. The number of amides is 1. The fourth-order valence-electron chi connectivity index (χ4n) is 2.53. The Morgan fingerprint density at radius 3 is 2.83 bits per heavy atom. The van der Waals surface area contributed by atoms with Crippen molar-refractivity contribution >= 4 is 16.8 Å². The van der Waals surface area contributed by atoms with Crippen LogP contribution in [0.1, 0.15) is 46.0 Å². The van der Waals surface area contributed by atoms with E-state index in [1.54, 1.807) is 24.3 Å². The second-order valence-corrected chi connectivity index (χ2v) is 5.89. The first-order valence-corrected chi connectivity index (χ1v) is 8.23. The van der Waals surface area contributed by atoms with Crippen LogP contribution in [-0.4, -0.2) is 26.9 Å². The molecule has 1 aromatic heterocycles. The Balaban J connectivity index is 1.93. The SMILES string of the molecule is CCCCCCC(C)NC(=O)Cn1nnc2ccccc2c1=O. The zero-order valence-corrected chi connectivity index (χ0v) is 13.8. The molecule has 0 aliphatic rings.